The standard InChI is InChI=1S/C37H54N2O5S2/c1-21-11-30(40)25-8-6-7-22-12-27-28(14-31(41)29-15-32(42)33(43)17-35(27,29)4)37(44)23(13-26(25)36(22,37)5)18-45-46-19-24(16-34(21,2)3)39-10-9-38-20-39/h9-10,14,20,22-27,29-30,32-33,40,42-44H,1,6-8,11-13,15-19H2,2-5H3/t22-,23+,24+,25+,26-,27+,29+,30-,32-,33+,35-,36-,37-/m1/s1. The van der Waals surface area contributed by atoms with E-state index >= 15 is 0 Å². The molecule has 0 spiro atoms. The van der Waals surface area contributed by atoms with Gasteiger partial charge in [0.2, 0.25) is 0 Å². The molecule has 4 saturated carbocycles. The first-order valence-electron chi connectivity index (χ1n) is 17.6. The van der Waals surface area contributed by atoms with Crippen LogP contribution in [0, 0.1) is 51.8 Å². The highest BCUT2D eigenvalue weighted by molar-refractivity contribution is 8.76. The molecule has 2 heterocycles. The summed E-state index contributed by atoms with van der Waals surface area (Å²) in [5.41, 5.74) is -0.356. The third-order valence-corrected chi connectivity index (χ3v) is 17.1. The molecule has 1 saturated heterocycles. The van der Waals surface area contributed by atoms with Gasteiger partial charge in [0.25, 0.3) is 0 Å². The molecule has 4 N–H and O–H groups in total. The lowest BCUT2D eigenvalue weighted by Crippen LogP contribution is -2.65. The molecule has 6 aliphatic rings. The predicted octanol–water partition coefficient (Wildman–Crippen LogP) is 6.00. The summed E-state index contributed by atoms with van der Waals surface area (Å²) in [7, 11) is 3.70. The number of fused-ring (bicyclic) bond motifs is 6. The highest BCUT2D eigenvalue weighted by atomic mass is 33.1. The molecule has 1 aromatic heterocycles. The van der Waals surface area contributed by atoms with Gasteiger partial charge in [0.05, 0.1) is 30.2 Å². The van der Waals surface area contributed by atoms with Gasteiger partial charge in [-0.05, 0) is 97.5 Å². The van der Waals surface area contributed by atoms with Crippen molar-refractivity contribution in [1.29, 1.82) is 0 Å². The normalized spacial score (nSPS) is 49.3. The molecule has 0 unspecified atom stereocenters. The van der Waals surface area contributed by atoms with Crippen molar-refractivity contribution in [1.82, 2.24) is 9.55 Å². The van der Waals surface area contributed by atoms with Gasteiger partial charge in [-0.25, -0.2) is 4.98 Å². The number of hydrogen-bond acceptors (Lipinski definition) is 8. The minimum atomic E-state index is -1.17. The molecule has 2 bridgehead atoms. The molecule has 7 rings (SSSR count). The van der Waals surface area contributed by atoms with Crippen LogP contribution in [-0.4, -0.2) is 71.2 Å². The van der Waals surface area contributed by atoms with Crippen molar-refractivity contribution < 1.29 is 25.2 Å². The lowest BCUT2D eigenvalue weighted by Gasteiger charge is -2.63. The zero-order valence-electron chi connectivity index (χ0n) is 28.0. The second-order valence-corrected chi connectivity index (χ2v) is 19.6. The number of aliphatic hydroxyl groups is 4. The van der Waals surface area contributed by atoms with Crippen LogP contribution in [0.1, 0.15) is 91.5 Å². The minimum Gasteiger partial charge on any atom is -0.392 e. The smallest absolute Gasteiger partial charge is 0.159 e. The van der Waals surface area contributed by atoms with Crippen molar-refractivity contribution in [2.75, 3.05) is 11.5 Å². The number of nitrogens with zero attached hydrogens (tertiary/aromatic N) is 2. The molecular weight excluding hydrogens is 617 g/mol. The lowest BCUT2D eigenvalue weighted by atomic mass is 9.42. The molecule has 0 amide bonds. The van der Waals surface area contributed by atoms with Crippen molar-refractivity contribution >= 4 is 27.4 Å². The fraction of sp³-hybridized carbons (Fsp3) is 0.784. The van der Waals surface area contributed by atoms with Crippen molar-refractivity contribution in [3.05, 3.63) is 42.5 Å². The minimum absolute atomic E-state index is 0.00259. The number of aliphatic hydroxyl groups excluding tert-OH is 3. The summed E-state index contributed by atoms with van der Waals surface area (Å²) in [4.78, 5) is 18.3. The van der Waals surface area contributed by atoms with Crippen LogP contribution in [0.4, 0.5) is 0 Å². The Bertz CT molecular complexity index is 1380. The Labute approximate surface area is 282 Å². The Hall–Kier alpha value is -1.10. The van der Waals surface area contributed by atoms with E-state index in [1.165, 1.54) is 0 Å². The van der Waals surface area contributed by atoms with E-state index in [0.29, 0.717) is 12.8 Å². The van der Waals surface area contributed by atoms with Gasteiger partial charge in [0.1, 0.15) is 0 Å². The lowest BCUT2D eigenvalue weighted by molar-refractivity contribution is -0.172. The first kappa shape index (κ1) is 33.4. The van der Waals surface area contributed by atoms with Gasteiger partial charge in [0.15, 0.2) is 5.78 Å². The Balaban J connectivity index is 1.31. The summed E-state index contributed by atoms with van der Waals surface area (Å²) in [5.74, 6) is 1.68. The topological polar surface area (TPSA) is 116 Å². The van der Waals surface area contributed by atoms with Gasteiger partial charge >= 0.3 is 0 Å². The summed E-state index contributed by atoms with van der Waals surface area (Å²) in [6.45, 7) is 13.5. The average Bonchev–Trinajstić information content (AvgIpc) is 3.57. The SMILES string of the molecule is C=C1C[C@@H](O)[C@H]2CCC[C@@H]3C[C@H]4C(=CC(=O)[C@@H]5C[C@@H](O)[C@@H](O)C[C@@]54C)[C@]4(O)[C@H](CSSC[C@@H](n5ccnc5)CC1(C)C)C[C@H]2[C@@]34C. The second kappa shape index (κ2) is 11.8. The molecule has 254 valence electrons. The highest BCUT2D eigenvalue weighted by Crippen LogP contribution is 2.73. The first-order valence-corrected chi connectivity index (χ1v) is 20.1. The Morgan fingerprint density at radius 3 is 2.43 bits per heavy atom. The number of carbonyl (C=O) groups excluding carboxylic acids is 1. The van der Waals surface area contributed by atoms with Gasteiger partial charge in [-0.15, -0.1) is 0 Å². The van der Waals surface area contributed by atoms with Crippen LogP contribution in [0.25, 0.3) is 0 Å². The summed E-state index contributed by atoms with van der Waals surface area (Å²) in [6.07, 6.45) is 12.0. The van der Waals surface area contributed by atoms with E-state index in [2.05, 4.69) is 43.8 Å². The van der Waals surface area contributed by atoms with Crippen molar-refractivity contribution in [3.63, 3.8) is 0 Å². The van der Waals surface area contributed by atoms with Gasteiger partial charge in [-0.1, -0.05) is 67.9 Å². The van der Waals surface area contributed by atoms with Crippen molar-refractivity contribution in [2.45, 2.75) is 115 Å². The van der Waals surface area contributed by atoms with E-state index in [4.69, 9.17) is 0 Å². The van der Waals surface area contributed by atoms with Crippen LogP contribution in [0.3, 0.4) is 0 Å². The first-order chi connectivity index (χ1) is 21.7. The molecule has 1 aromatic rings. The molecule has 5 fully saturated rings. The quantitative estimate of drug-likeness (QED) is 0.213. The van der Waals surface area contributed by atoms with Crippen LogP contribution in [0.15, 0.2) is 42.5 Å². The zero-order chi connectivity index (χ0) is 32.8. The average molecular weight is 671 g/mol. The summed E-state index contributed by atoms with van der Waals surface area (Å²) < 4.78 is 2.20. The van der Waals surface area contributed by atoms with Crippen LogP contribution >= 0.6 is 21.6 Å². The number of carbonyl (C=O) groups is 1. The number of allylic oxidation sites excluding steroid dienone is 1. The number of imidazole rings is 1. The molecule has 9 heteroatoms. The fourth-order valence-corrected chi connectivity index (χ4v) is 14.5. The van der Waals surface area contributed by atoms with E-state index < -0.39 is 34.7 Å². The van der Waals surface area contributed by atoms with Crippen LogP contribution in [-0.2, 0) is 4.79 Å². The Morgan fingerprint density at radius 1 is 0.935 bits per heavy atom. The summed E-state index contributed by atoms with van der Waals surface area (Å²) in [6, 6.07) is 0.221. The van der Waals surface area contributed by atoms with Crippen LogP contribution in [0.5, 0.6) is 0 Å². The molecule has 1 aliphatic heterocycles. The van der Waals surface area contributed by atoms with Crippen molar-refractivity contribution in [2.24, 2.45) is 51.8 Å². The maximum atomic E-state index is 14.0. The Morgan fingerprint density at radius 2 is 1.70 bits per heavy atom. The van der Waals surface area contributed by atoms with E-state index in [0.717, 1.165) is 61.2 Å². The summed E-state index contributed by atoms with van der Waals surface area (Å²) >= 11 is 0. The van der Waals surface area contributed by atoms with E-state index in [-0.39, 0.29) is 59.2 Å². The molecule has 13 atom stereocenters. The molecular formula is C37H54N2O5S2. The molecule has 0 aromatic carbocycles. The third-order valence-electron chi connectivity index (χ3n) is 14.5. The molecule has 0 radical (unpaired) electrons. The number of ketones is 1. The van der Waals surface area contributed by atoms with Gasteiger partial charge in [-0.3, -0.25) is 4.79 Å². The number of rotatable bonds is 1. The third kappa shape index (κ3) is 4.91. The fourth-order valence-electron chi connectivity index (χ4n) is 11.7. The van der Waals surface area contributed by atoms with Crippen molar-refractivity contribution in [3.8, 4) is 0 Å². The van der Waals surface area contributed by atoms with E-state index in [9.17, 15) is 25.2 Å². The van der Waals surface area contributed by atoms with Gasteiger partial charge < -0.3 is 25.0 Å². The van der Waals surface area contributed by atoms with E-state index in [1.54, 1.807) is 6.08 Å². The highest BCUT2D eigenvalue weighted by Gasteiger charge is 2.73. The maximum Gasteiger partial charge on any atom is 0.159 e. The van der Waals surface area contributed by atoms with Crippen LogP contribution in [0.2, 0.25) is 0 Å². The monoisotopic (exact) mass is 670 g/mol. The largest absolute Gasteiger partial charge is 0.392 e. The molecule has 46 heavy (non-hydrogen) atoms. The zero-order valence-corrected chi connectivity index (χ0v) is 29.6. The maximum absolute atomic E-state index is 14.0. The van der Waals surface area contributed by atoms with Gasteiger partial charge in [0, 0.05) is 47.2 Å². The van der Waals surface area contributed by atoms with Gasteiger partial charge in [-0.2, -0.15) is 0 Å². The van der Waals surface area contributed by atoms with Crippen LogP contribution < -0.4 is 0 Å². The van der Waals surface area contributed by atoms with E-state index in [1.807, 2.05) is 40.3 Å². The molecule has 7 nitrogen and oxygen atoms in total. The number of aromatic nitrogens is 2. The summed E-state index contributed by atoms with van der Waals surface area (Å²) in [5, 5.41) is 47.2. The second-order valence-electron chi connectivity index (χ2n) is 17.0. The number of hydrogen-bond donors (Lipinski definition) is 4. The molecule has 5 aliphatic carbocycles. The Kier molecular flexibility index (Phi) is 8.54. The predicted molar refractivity (Wildman–Crippen MR) is 184 cm³/mol.